The third-order valence-corrected chi connectivity index (χ3v) is 4.27. The second-order valence-corrected chi connectivity index (χ2v) is 6.67. The number of amides is 3. The summed E-state index contributed by atoms with van der Waals surface area (Å²) in [4.78, 5) is 24.1. The smallest absolute Gasteiger partial charge is 0.315 e. The van der Waals surface area contributed by atoms with Crippen molar-refractivity contribution in [2.45, 2.75) is 32.7 Å². The first-order chi connectivity index (χ1) is 14.1. The van der Waals surface area contributed by atoms with Crippen LogP contribution in [0.1, 0.15) is 42.1 Å². The van der Waals surface area contributed by atoms with Gasteiger partial charge in [0.05, 0.1) is 11.4 Å². The monoisotopic (exact) mass is 398 g/mol. The van der Waals surface area contributed by atoms with Crippen LogP contribution in [0, 0.1) is 0 Å². The van der Waals surface area contributed by atoms with E-state index in [2.05, 4.69) is 22.9 Å². The summed E-state index contributed by atoms with van der Waals surface area (Å²) in [5.41, 5.74) is 8.36. The van der Waals surface area contributed by atoms with Gasteiger partial charge >= 0.3 is 6.03 Å². The molecule has 0 aromatic heterocycles. The standard InChI is InChI=1S/C22H30N4O3/c1-2-3-14-29-15-6-13-24-22(28)25-16-17-9-11-18(12-10-17)21(27)26-20-8-5-4-7-19(20)23/h4-5,7-12H,2-3,6,13-16,23H2,1H3,(H,26,27)(H2,24,25,28). The van der Waals surface area contributed by atoms with Gasteiger partial charge in [-0.1, -0.05) is 37.6 Å². The van der Waals surface area contributed by atoms with Gasteiger partial charge in [0, 0.05) is 31.9 Å². The molecule has 0 saturated heterocycles. The lowest BCUT2D eigenvalue weighted by Gasteiger charge is -2.10. The van der Waals surface area contributed by atoms with E-state index in [0.29, 0.717) is 36.6 Å². The highest BCUT2D eigenvalue weighted by molar-refractivity contribution is 6.05. The van der Waals surface area contributed by atoms with Crippen molar-refractivity contribution in [2.75, 3.05) is 30.8 Å². The number of carbonyl (C=O) groups is 2. The fourth-order valence-corrected chi connectivity index (χ4v) is 2.55. The molecule has 0 radical (unpaired) electrons. The molecular weight excluding hydrogens is 368 g/mol. The molecule has 0 aliphatic rings. The number of nitrogens with one attached hydrogen (secondary N) is 3. The predicted octanol–water partition coefficient (Wildman–Crippen LogP) is 3.53. The van der Waals surface area contributed by atoms with Crippen LogP contribution < -0.4 is 21.7 Å². The molecule has 0 spiro atoms. The number of ether oxygens (including phenoxy) is 1. The first-order valence-corrected chi connectivity index (χ1v) is 9.94. The summed E-state index contributed by atoms with van der Waals surface area (Å²) in [7, 11) is 0. The molecule has 29 heavy (non-hydrogen) atoms. The zero-order valence-corrected chi connectivity index (χ0v) is 16.9. The molecule has 7 nitrogen and oxygen atoms in total. The fraction of sp³-hybridized carbons (Fsp3) is 0.364. The van der Waals surface area contributed by atoms with Crippen LogP contribution in [0.4, 0.5) is 16.2 Å². The number of nitrogens with two attached hydrogens (primary N) is 1. The molecule has 0 saturated carbocycles. The maximum Gasteiger partial charge on any atom is 0.315 e. The summed E-state index contributed by atoms with van der Waals surface area (Å²) in [6.45, 7) is 4.50. The lowest BCUT2D eigenvalue weighted by Crippen LogP contribution is -2.35. The molecule has 2 rings (SSSR count). The molecule has 7 heteroatoms. The molecule has 3 amide bonds. The third kappa shape index (κ3) is 8.23. The van der Waals surface area contributed by atoms with Crippen molar-refractivity contribution in [2.24, 2.45) is 0 Å². The topological polar surface area (TPSA) is 105 Å². The summed E-state index contributed by atoms with van der Waals surface area (Å²) in [6, 6.07) is 13.9. The zero-order chi connectivity index (χ0) is 20.9. The van der Waals surface area contributed by atoms with E-state index in [9.17, 15) is 9.59 Å². The molecule has 0 aliphatic heterocycles. The Kier molecular flexibility index (Phi) is 9.51. The summed E-state index contributed by atoms with van der Waals surface area (Å²) in [5, 5.41) is 8.39. The van der Waals surface area contributed by atoms with Crippen molar-refractivity contribution in [1.29, 1.82) is 0 Å². The van der Waals surface area contributed by atoms with E-state index in [1.807, 2.05) is 24.3 Å². The van der Waals surface area contributed by atoms with E-state index in [1.54, 1.807) is 24.3 Å². The van der Waals surface area contributed by atoms with Gasteiger partial charge in [-0.05, 0) is 42.7 Å². The summed E-state index contributed by atoms with van der Waals surface area (Å²) < 4.78 is 5.45. The van der Waals surface area contributed by atoms with Gasteiger partial charge in [0.25, 0.3) is 5.91 Å². The molecule has 0 heterocycles. The highest BCUT2D eigenvalue weighted by Gasteiger charge is 2.08. The molecule has 0 atom stereocenters. The second-order valence-electron chi connectivity index (χ2n) is 6.67. The Bertz CT molecular complexity index is 778. The number of nitrogen functional groups attached to an aromatic ring is 1. The molecule has 5 N–H and O–H groups in total. The second kappa shape index (κ2) is 12.4. The molecule has 2 aromatic rings. The Morgan fingerprint density at radius 1 is 0.966 bits per heavy atom. The van der Waals surface area contributed by atoms with E-state index in [4.69, 9.17) is 10.5 Å². The maximum atomic E-state index is 12.3. The van der Waals surface area contributed by atoms with Gasteiger partial charge in [0.1, 0.15) is 0 Å². The van der Waals surface area contributed by atoms with E-state index in [-0.39, 0.29) is 11.9 Å². The van der Waals surface area contributed by atoms with Crippen LogP contribution in [0.15, 0.2) is 48.5 Å². The Hall–Kier alpha value is -3.06. The largest absolute Gasteiger partial charge is 0.397 e. The molecular formula is C22H30N4O3. The first-order valence-electron chi connectivity index (χ1n) is 9.94. The SMILES string of the molecule is CCCCOCCCNC(=O)NCc1ccc(C(=O)Nc2ccccc2N)cc1. The lowest BCUT2D eigenvalue weighted by molar-refractivity contribution is 0.102. The van der Waals surface area contributed by atoms with Crippen LogP contribution in [0.25, 0.3) is 0 Å². The highest BCUT2D eigenvalue weighted by Crippen LogP contribution is 2.18. The van der Waals surface area contributed by atoms with Gasteiger partial charge in [-0.15, -0.1) is 0 Å². The Morgan fingerprint density at radius 2 is 1.69 bits per heavy atom. The molecule has 0 aliphatic carbocycles. The minimum Gasteiger partial charge on any atom is -0.397 e. The van der Waals surface area contributed by atoms with Gasteiger partial charge in [-0.25, -0.2) is 4.79 Å². The van der Waals surface area contributed by atoms with Crippen LogP contribution in [0.5, 0.6) is 0 Å². The highest BCUT2D eigenvalue weighted by atomic mass is 16.5. The van der Waals surface area contributed by atoms with Crippen molar-refractivity contribution in [1.82, 2.24) is 10.6 Å². The molecule has 0 unspecified atom stereocenters. The number of urea groups is 1. The quantitative estimate of drug-likeness (QED) is 0.343. The number of hydrogen-bond acceptors (Lipinski definition) is 4. The number of anilines is 2. The maximum absolute atomic E-state index is 12.3. The normalized spacial score (nSPS) is 10.4. The number of para-hydroxylation sites is 2. The first kappa shape index (κ1) is 22.2. The number of hydrogen-bond donors (Lipinski definition) is 4. The van der Waals surface area contributed by atoms with Gasteiger partial charge in [0.15, 0.2) is 0 Å². The Morgan fingerprint density at radius 3 is 2.41 bits per heavy atom. The van der Waals surface area contributed by atoms with Crippen LogP contribution in [-0.4, -0.2) is 31.7 Å². The van der Waals surface area contributed by atoms with Crippen LogP contribution >= 0.6 is 0 Å². The Balaban J connectivity index is 1.68. The molecule has 0 fully saturated rings. The zero-order valence-electron chi connectivity index (χ0n) is 16.9. The van der Waals surface area contributed by atoms with Crippen molar-refractivity contribution < 1.29 is 14.3 Å². The summed E-state index contributed by atoms with van der Waals surface area (Å²) in [5.74, 6) is -0.235. The van der Waals surface area contributed by atoms with Gasteiger partial charge in [0.2, 0.25) is 0 Å². The average molecular weight is 399 g/mol. The van der Waals surface area contributed by atoms with Crippen molar-refractivity contribution in [3.05, 3.63) is 59.7 Å². The molecule has 156 valence electrons. The van der Waals surface area contributed by atoms with Crippen LogP contribution in [0.2, 0.25) is 0 Å². The van der Waals surface area contributed by atoms with E-state index >= 15 is 0 Å². The summed E-state index contributed by atoms with van der Waals surface area (Å²) >= 11 is 0. The van der Waals surface area contributed by atoms with E-state index in [1.165, 1.54) is 0 Å². The summed E-state index contributed by atoms with van der Waals surface area (Å²) in [6.07, 6.45) is 2.97. The third-order valence-electron chi connectivity index (χ3n) is 4.27. The van der Waals surface area contributed by atoms with Crippen molar-refractivity contribution >= 4 is 23.3 Å². The molecule has 2 aromatic carbocycles. The van der Waals surface area contributed by atoms with Crippen molar-refractivity contribution in [3.63, 3.8) is 0 Å². The van der Waals surface area contributed by atoms with Crippen LogP contribution in [-0.2, 0) is 11.3 Å². The number of rotatable bonds is 11. The Labute approximate surface area is 172 Å². The van der Waals surface area contributed by atoms with Crippen molar-refractivity contribution in [3.8, 4) is 0 Å². The minimum atomic E-state index is -0.235. The average Bonchev–Trinajstić information content (AvgIpc) is 2.73. The van der Waals surface area contributed by atoms with Gasteiger partial charge < -0.3 is 26.4 Å². The lowest BCUT2D eigenvalue weighted by atomic mass is 10.1. The van der Waals surface area contributed by atoms with E-state index in [0.717, 1.165) is 31.4 Å². The van der Waals surface area contributed by atoms with E-state index < -0.39 is 0 Å². The number of carbonyl (C=O) groups excluding carboxylic acids is 2. The molecule has 0 bridgehead atoms. The van der Waals surface area contributed by atoms with Crippen LogP contribution in [0.3, 0.4) is 0 Å². The minimum absolute atomic E-state index is 0.222. The predicted molar refractivity (Wildman–Crippen MR) is 116 cm³/mol. The number of benzene rings is 2. The van der Waals surface area contributed by atoms with Gasteiger partial charge in [-0.2, -0.15) is 0 Å². The number of unbranched alkanes of at least 4 members (excludes halogenated alkanes) is 1. The fourth-order valence-electron chi connectivity index (χ4n) is 2.55. The van der Waals surface area contributed by atoms with Gasteiger partial charge in [-0.3, -0.25) is 4.79 Å².